The van der Waals surface area contributed by atoms with Crippen LogP contribution in [0.4, 0.5) is 0 Å². The van der Waals surface area contributed by atoms with Crippen LogP contribution in [0.2, 0.25) is 5.02 Å². The second kappa shape index (κ2) is 7.61. The van der Waals surface area contributed by atoms with Gasteiger partial charge in [-0.15, -0.1) is 11.3 Å². The molecule has 6 nitrogen and oxygen atoms in total. The van der Waals surface area contributed by atoms with Gasteiger partial charge in [0.1, 0.15) is 10.6 Å². The average Bonchev–Trinajstić information content (AvgIpc) is 3.32. The predicted molar refractivity (Wildman–Crippen MR) is 109 cm³/mol. The Morgan fingerprint density at radius 1 is 1.29 bits per heavy atom. The number of furan rings is 1. The number of nitrogens with zero attached hydrogens (tertiary/aromatic N) is 2. The molecule has 0 unspecified atom stereocenters. The van der Waals surface area contributed by atoms with E-state index in [4.69, 9.17) is 16.0 Å². The topological polar surface area (TPSA) is 77.1 Å². The van der Waals surface area contributed by atoms with E-state index in [0.29, 0.717) is 38.0 Å². The highest BCUT2D eigenvalue weighted by Crippen LogP contribution is 2.27. The van der Waals surface area contributed by atoms with Crippen LogP contribution < -0.4 is 10.9 Å². The highest BCUT2D eigenvalue weighted by molar-refractivity contribution is 7.20. The number of aryl methyl sites for hydroxylation is 1. The van der Waals surface area contributed by atoms with Crippen molar-refractivity contribution in [3.63, 3.8) is 0 Å². The molecule has 4 aromatic rings. The lowest BCUT2D eigenvalue weighted by Crippen LogP contribution is -2.23. The van der Waals surface area contributed by atoms with Gasteiger partial charge < -0.3 is 9.73 Å². The minimum absolute atomic E-state index is 0.191. The Morgan fingerprint density at radius 3 is 2.86 bits per heavy atom. The fourth-order valence-electron chi connectivity index (χ4n) is 2.96. The van der Waals surface area contributed by atoms with E-state index in [9.17, 15) is 9.59 Å². The van der Waals surface area contributed by atoms with Gasteiger partial charge in [-0.1, -0.05) is 29.8 Å². The van der Waals surface area contributed by atoms with Crippen LogP contribution in [0.25, 0.3) is 10.2 Å². The van der Waals surface area contributed by atoms with E-state index in [-0.39, 0.29) is 18.0 Å². The number of carbonyl (C=O) groups excluding carboxylic acids is 1. The first kappa shape index (κ1) is 18.5. The molecular weight excluding hydrogens is 398 g/mol. The maximum absolute atomic E-state index is 13.0. The molecule has 0 aliphatic heterocycles. The van der Waals surface area contributed by atoms with Crippen molar-refractivity contribution in [2.75, 3.05) is 0 Å². The maximum atomic E-state index is 13.0. The quantitative estimate of drug-likeness (QED) is 0.536. The van der Waals surface area contributed by atoms with Gasteiger partial charge in [-0.25, -0.2) is 4.98 Å². The van der Waals surface area contributed by atoms with Crippen molar-refractivity contribution >= 4 is 39.1 Å². The summed E-state index contributed by atoms with van der Waals surface area (Å²) in [6, 6.07) is 10.9. The number of benzene rings is 1. The largest absolute Gasteiger partial charge is 0.467 e. The van der Waals surface area contributed by atoms with E-state index in [1.165, 1.54) is 22.2 Å². The summed E-state index contributed by atoms with van der Waals surface area (Å²) in [4.78, 5) is 30.9. The zero-order valence-corrected chi connectivity index (χ0v) is 16.5. The number of rotatable bonds is 5. The van der Waals surface area contributed by atoms with Gasteiger partial charge in [-0.05, 0) is 36.2 Å². The number of carbonyl (C=O) groups is 1. The Kier molecular flexibility index (Phi) is 5.02. The predicted octanol–water partition coefficient (Wildman–Crippen LogP) is 3.99. The Morgan fingerprint density at radius 2 is 2.11 bits per heavy atom. The average molecular weight is 414 g/mol. The van der Waals surface area contributed by atoms with Crippen molar-refractivity contribution in [3.05, 3.63) is 86.1 Å². The summed E-state index contributed by atoms with van der Waals surface area (Å²) in [5.41, 5.74) is 1.27. The number of aromatic nitrogens is 2. The molecule has 28 heavy (non-hydrogen) atoms. The van der Waals surface area contributed by atoms with Crippen molar-refractivity contribution in [1.29, 1.82) is 0 Å². The zero-order chi connectivity index (χ0) is 19.7. The van der Waals surface area contributed by atoms with E-state index in [1.807, 2.05) is 18.2 Å². The molecular formula is C20H16ClN3O3S. The van der Waals surface area contributed by atoms with Gasteiger partial charge in [0.15, 0.2) is 0 Å². The molecule has 4 rings (SSSR count). The number of halogens is 1. The minimum atomic E-state index is -0.256. The molecule has 8 heteroatoms. The molecule has 0 radical (unpaired) electrons. The van der Waals surface area contributed by atoms with Gasteiger partial charge in [-0.2, -0.15) is 0 Å². The van der Waals surface area contributed by atoms with Crippen LogP contribution in [-0.2, 0) is 13.1 Å². The Labute approximate surface area is 169 Å². The van der Waals surface area contributed by atoms with Crippen molar-refractivity contribution in [2.45, 2.75) is 20.0 Å². The molecule has 0 spiro atoms. The van der Waals surface area contributed by atoms with Gasteiger partial charge in [-0.3, -0.25) is 14.2 Å². The highest BCUT2D eigenvalue weighted by Gasteiger charge is 2.19. The van der Waals surface area contributed by atoms with Crippen molar-refractivity contribution in [1.82, 2.24) is 14.9 Å². The van der Waals surface area contributed by atoms with Crippen LogP contribution in [0.5, 0.6) is 0 Å². The Balaban J connectivity index is 1.65. The lowest BCUT2D eigenvalue weighted by molar-refractivity contribution is 0.0951. The van der Waals surface area contributed by atoms with Crippen LogP contribution in [0.15, 0.2) is 58.2 Å². The monoisotopic (exact) mass is 413 g/mol. The minimum Gasteiger partial charge on any atom is -0.467 e. The van der Waals surface area contributed by atoms with Crippen LogP contribution in [0.3, 0.4) is 0 Å². The van der Waals surface area contributed by atoms with E-state index in [1.54, 1.807) is 31.4 Å². The third kappa shape index (κ3) is 3.46. The van der Waals surface area contributed by atoms with Gasteiger partial charge in [0.25, 0.3) is 11.5 Å². The summed E-state index contributed by atoms with van der Waals surface area (Å²) in [6.07, 6.45) is 3.05. The molecule has 0 atom stereocenters. The van der Waals surface area contributed by atoms with E-state index < -0.39 is 0 Å². The number of thiophene rings is 1. The maximum Gasteiger partial charge on any atom is 0.262 e. The fraction of sp³-hybridized carbons (Fsp3) is 0.150. The van der Waals surface area contributed by atoms with Gasteiger partial charge in [0.2, 0.25) is 0 Å². The summed E-state index contributed by atoms with van der Waals surface area (Å²) >= 11 is 7.41. The number of nitrogens with one attached hydrogen (secondary N) is 1. The van der Waals surface area contributed by atoms with Crippen LogP contribution in [0.1, 0.15) is 26.6 Å². The second-order valence-corrected chi connectivity index (χ2v) is 7.67. The molecule has 1 N–H and O–H groups in total. The van der Waals surface area contributed by atoms with Crippen LogP contribution in [0, 0.1) is 6.92 Å². The molecule has 3 heterocycles. The lowest BCUT2D eigenvalue weighted by Gasteiger charge is -2.07. The van der Waals surface area contributed by atoms with Gasteiger partial charge in [0, 0.05) is 5.02 Å². The number of hydrogen-bond acceptors (Lipinski definition) is 5. The molecule has 0 saturated heterocycles. The molecule has 0 saturated carbocycles. The molecule has 0 aliphatic rings. The van der Waals surface area contributed by atoms with Crippen LogP contribution >= 0.6 is 22.9 Å². The molecule has 142 valence electrons. The summed E-state index contributed by atoms with van der Waals surface area (Å²) in [5.74, 6) is 0.404. The SMILES string of the molecule is Cc1c(C(=O)NCc2ccco2)sc2ncn(Cc3ccccc3Cl)c(=O)c12. The lowest BCUT2D eigenvalue weighted by atomic mass is 10.2. The van der Waals surface area contributed by atoms with E-state index in [0.717, 1.165) is 5.56 Å². The standard InChI is InChI=1S/C20H16ClN3O3S/c1-12-16-19(28-17(12)18(25)22-9-14-6-4-8-27-14)23-11-24(20(16)26)10-13-5-2-3-7-15(13)21/h2-8,11H,9-10H2,1H3,(H,22,25). The van der Waals surface area contributed by atoms with E-state index >= 15 is 0 Å². The normalized spacial score (nSPS) is 11.1. The number of amides is 1. The third-order valence-electron chi connectivity index (χ3n) is 4.43. The van der Waals surface area contributed by atoms with E-state index in [2.05, 4.69) is 10.3 Å². The first-order valence-electron chi connectivity index (χ1n) is 8.57. The Bertz CT molecular complexity index is 1210. The van der Waals surface area contributed by atoms with Crippen molar-refractivity contribution < 1.29 is 9.21 Å². The first-order valence-corrected chi connectivity index (χ1v) is 9.76. The Hall–Kier alpha value is -2.90. The summed E-state index contributed by atoms with van der Waals surface area (Å²) in [5, 5.41) is 3.86. The smallest absolute Gasteiger partial charge is 0.262 e. The van der Waals surface area contributed by atoms with Crippen LogP contribution in [-0.4, -0.2) is 15.5 Å². The first-order chi connectivity index (χ1) is 13.5. The van der Waals surface area contributed by atoms with Gasteiger partial charge in [0.05, 0.1) is 35.9 Å². The third-order valence-corrected chi connectivity index (χ3v) is 5.99. The summed E-state index contributed by atoms with van der Waals surface area (Å²) in [7, 11) is 0. The van der Waals surface area contributed by atoms with Crippen molar-refractivity contribution in [2.24, 2.45) is 0 Å². The second-order valence-electron chi connectivity index (χ2n) is 6.27. The summed E-state index contributed by atoms with van der Waals surface area (Å²) in [6.45, 7) is 2.37. The molecule has 3 aromatic heterocycles. The molecule has 0 aliphatic carbocycles. The molecule has 0 fully saturated rings. The molecule has 0 bridgehead atoms. The fourth-order valence-corrected chi connectivity index (χ4v) is 4.21. The number of hydrogen-bond donors (Lipinski definition) is 1. The van der Waals surface area contributed by atoms with Gasteiger partial charge >= 0.3 is 0 Å². The zero-order valence-electron chi connectivity index (χ0n) is 14.9. The van der Waals surface area contributed by atoms with Crippen molar-refractivity contribution in [3.8, 4) is 0 Å². The highest BCUT2D eigenvalue weighted by atomic mass is 35.5. The number of fused-ring (bicyclic) bond motifs is 1. The summed E-state index contributed by atoms with van der Waals surface area (Å²) < 4.78 is 6.73. The molecule has 1 amide bonds. The molecule has 1 aromatic carbocycles.